The summed E-state index contributed by atoms with van der Waals surface area (Å²) >= 11 is 0. The summed E-state index contributed by atoms with van der Waals surface area (Å²) in [7, 11) is 0. The van der Waals surface area contributed by atoms with Crippen molar-refractivity contribution in [1.82, 2.24) is 0 Å². The van der Waals surface area contributed by atoms with Crippen LogP contribution in [0.5, 0.6) is 0 Å². The van der Waals surface area contributed by atoms with Crippen molar-refractivity contribution < 1.29 is 22.8 Å². The topological polar surface area (TPSA) is 34.1 Å². The minimum atomic E-state index is -4.55. The van der Waals surface area contributed by atoms with Gasteiger partial charge >= 0.3 is 6.18 Å². The van der Waals surface area contributed by atoms with Gasteiger partial charge in [0.15, 0.2) is 5.78 Å². The van der Waals surface area contributed by atoms with Crippen molar-refractivity contribution in [3.05, 3.63) is 35.4 Å². The predicted molar refractivity (Wildman–Crippen MR) is 55.7 cm³/mol. The maximum Gasteiger partial charge on any atom is 0.417 e. The number of alkyl halides is 3. The third kappa shape index (κ3) is 3.69. The minimum absolute atomic E-state index is 0.0367. The van der Waals surface area contributed by atoms with E-state index in [1.807, 2.05) is 0 Å². The molecule has 0 radical (unpaired) electrons. The molecule has 0 fully saturated rings. The quantitative estimate of drug-likeness (QED) is 0.762. The first-order valence-electron chi connectivity index (χ1n) is 5.01. The number of halogens is 3. The summed E-state index contributed by atoms with van der Waals surface area (Å²) in [4.78, 5) is 22.3. The van der Waals surface area contributed by atoms with Gasteiger partial charge in [-0.15, -0.1) is 0 Å². The number of rotatable bonds is 4. The summed E-state index contributed by atoms with van der Waals surface area (Å²) in [5.74, 6) is -0.879. The first-order valence-corrected chi connectivity index (χ1v) is 5.01. The molecule has 0 saturated carbocycles. The SMILES string of the molecule is CC(=O)CCC(=O)c1ccccc1C(F)(F)F. The summed E-state index contributed by atoms with van der Waals surface area (Å²) in [6.45, 7) is 1.29. The fraction of sp³-hybridized carbons (Fsp3) is 0.333. The predicted octanol–water partition coefficient (Wildman–Crippen LogP) is 3.26. The fourth-order valence-electron chi connectivity index (χ4n) is 1.40. The van der Waals surface area contributed by atoms with E-state index in [-0.39, 0.29) is 24.2 Å². The monoisotopic (exact) mass is 244 g/mol. The highest BCUT2D eigenvalue weighted by Crippen LogP contribution is 2.32. The van der Waals surface area contributed by atoms with Crippen LogP contribution in [-0.2, 0) is 11.0 Å². The van der Waals surface area contributed by atoms with E-state index in [0.29, 0.717) is 0 Å². The van der Waals surface area contributed by atoms with Gasteiger partial charge < -0.3 is 4.79 Å². The molecule has 2 nitrogen and oxygen atoms in total. The smallest absolute Gasteiger partial charge is 0.300 e. The summed E-state index contributed by atoms with van der Waals surface area (Å²) in [5.41, 5.74) is -1.32. The molecule has 0 aliphatic rings. The molecule has 1 rings (SSSR count). The van der Waals surface area contributed by atoms with Crippen LogP contribution in [0.2, 0.25) is 0 Å². The molecule has 0 N–H and O–H groups in total. The van der Waals surface area contributed by atoms with Crippen molar-refractivity contribution >= 4 is 11.6 Å². The van der Waals surface area contributed by atoms with Crippen LogP contribution in [0.15, 0.2) is 24.3 Å². The third-order valence-electron chi connectivity index (χ3n) is 2.24. The van der Waals surface area contributed by atoms with Gasteiger partial charge in [0.05, 0.1) is 5.56 Å². The van der Waals surface area contributed by atoms with E-state index in [2.05, 4.69) is 0 Å². The molecule has 17 heavy (non-hydrogen) atoms. The van der Waals surface area contributed by atoms with Gasteiger partial charge in [-0.1, -0.05) is 18.2 Å². The molecule has 92 valence electrons. The Morgan fingerprint density at radius 1 is 1.12 bits per heavy atom. The molecule has 0 amide bonds. The van der Waals surface area contributed by atoms with E-state index in [0.717, 1.165) is 12.1 Å². The number of hydrogen-bond donors (Lipinski definition) is 0. The lowest BCUT2D eigenvalue weighted by Crippen LogP contribution is -2.13. The van der Waals surface area contributed by atoms with Crippen LogP contribution in [0, 0.1) is 0 Å². The molecule has 1 aromatic carbocycles. The molecule has 5 heteroatoms. The fourth-order valence-corrected chi connectivity index (χ4v) is 1.40. The zero-order valence-electron chi connectivity index (χ0n) is 9.17. The Balaban J connectivity index is 2.98. The molecule has 0 spiro atoms. The van der Waals surface area contributed by atoms with Crippen molar-refractivity contribution in [3.63, 3.8) is 0 Å². The third-order valence-corrected chi connectivity index (χ3v) is 2.24. The standard InChI is InChI=1S/C12H11F3O2/c1-8(16)6-7-11(17)9-4-2-3-5-10(9)12(13,14)15/h2-5H,6-7H2,1H3. The maximum absolute atomic E-state index is 12.6. The van der Waals surface area contributed by atoms with E-state index >= 15 is 0 Å². The number of hydrogen-bond acceptors (Lipinski definition) is 2. The number of benzene rings is 1. The van der Waals surface area contributed by atoms with Crippen LogP contribution in [0.3, 0.4) is 0 Å². The molecule has 0 aromatic heterocycles. The average Bonchev–Trinajstić information content (AvgIpc) is 2.24. The first-order chi connectivity index (χ1) is 7.82. The van der Waals surface area contributed by atoms with Crippen molar-refractivity contribution in [2.75, 3.05) is 0 Å². The molecule has 1 aromatic rings. The number of Topliss-reactive ketones (excluding diaryl/α,β-unsaturated/α-hetero) is 2. The molecule has 0 unspecified atom stereocenters. The second-order valence-electron chi connectivity index (χ2n) is 3.67. The summed E-state index contributed by atoms with van der Waals surface area (Å²) in [5, 5.41) is 0. The highest BCUT2D eigenvalue weighted by molar-refractivity contribution is 5.99. The Hall–Kier alpha value is -1.65. The van der Waals surface area contributed by atoms with Gasteiger partial charge in [-0.2, -0.15) is 13.2 Å². The van der Waals surface area contributed by atoms with Crippen LogP contribution in [0.4, 0.5) is 13.2 Å². The highest BCUT2D eigenvalue weighted by atomic mass is 19.4. The molecular formula is C12H11F3O2. The summed E-state index contributed by atoms with van der Waals surface area (Å²) in [6.07, 6.45) is -4.78. The van der Waals surface area contributed by atoms with Crippen molar-refractivity contribution in [3.8, 4) is 0 Å². The van der Waals surface area contributed by atoms with Crippen molar-refractivity contribution in [1.29, 1.82) is 0 Å². The number of carbonyl (C=O) groups excluding carboxylic acids is 2. The van der Waals surface area contributed by atoms with Crippen LogP contribution in [0.25, 0.3) is 0 Å². The van der Waals surface area contributed by atoms with Crippen LogP contribution in [-0.4, -0.2) is 11.6 Å². The largest absolute Gasteiger partial charge is 0.417 e. The molecule has 0 aliphatic carbocycles. The van der Waals surface area contributed by atoms with Gasteiger partial charge in [0.2, 0.25) is 0 Å². The Morgan fingerprint density at radius 2 is 1.71 bits per heavy atom. The second kappa shape index (κ2) is 5.12. The number of ketones is 2. The summed E-state index contributed by atoms with van der Waals surface area (Å²) in [6, 6.07) is 4.59. The molecule has 0 saturated heterocycles. The minimum Gasteiger partial charge on any atom is -0.300 e. The van der Waals surface area contributed by atoms with Gasteiger partial charge in [-0.25, -0.2) is 0 Å². The molecule has 0 bridgehead atoms. The molecule has 0 atom stereocenters. The lowest BCUT2D eigenvalue weighted by Gasteiger charge is -2.11. The van der Waals surface area contributed by atoms with Crippen LogP contribution >= 0.6 is 0 Å². The molecular weight excluding hydrogens is 233 g/mol. The lowest BCUT2D eigenvalue weighted by atomic mass is 9.99. The van der Waals surface area contributed by atoms with Gasteiger partial charge in [0.1, 0.15) is 5.78 Å². The highest BCUT2D eigenvalue weighted by Gasteiger charge is 2.34. The van der Waals surface area contributed by atoms with E-state index < -0.39 is 17.5 Å². The van der Waals surface area contributed by atoms with Gasteiger partial charge in [-0.05, 0) is 13.0 Å². The lowest BCUT2D eigenvalue weighted by molar-refractivity contribution is -0.137. The van der Waals surface area contributed by atoms with Crippen LogP contribution < -0.4 is 0 Å². The van der Waals surface area contributed by atoms with E-state index in [1.54, 1.807) is 0 Å². The second-order valence-corrected chi connectivity index (χ2v) is 3.67. The molecule has 0 aliphatic heterocycles. The van der Waals surface area contributed by atoms with Gasteiger partial charge in [-0.3, -0.25) is 4.79 Å². The van der Waals surface area contributed by atoms with E-state index in [4.69, 9.17) is 0 Å². The van der Waals surface area contributed by atoms with Crippen molar-refractivity contribution in [2.45, 2.75) is 25.9 Å². The average molecular weight is 244 g/mol. The van der Waals surface area contributed by atoms with Gasteiger partial charge in [0, 0.05) is 18.4 Å². The Kier molecular flexibility index (Phi) is 4.04. The molecule has 0 heterocycles. The summed E-state index contributed by atoms with van der Waals surface area (Å²) < 4.78 is 37.8. The maximum atomic E-state index is 12.6. The van der Waals surface area contributed by atoms with Crippen molar-refractivity contribution in [2.24, 2.45) is 0 Å². The normalized spacial score (nSPS) is 11.3. The zero-order chi connectivity index (χ0) is 13.1. The van der Waals surface area contributed by atoms with Gasteiger partial charge in [0.25, 0.3) is 0 Å². The van der Waals surface area contributed by atoms with Crippen LogP contribution in [0.1, 0.15) is 35.7 Å². The Morgan fingerprint density at radius 3 is 2.24 bits per heavy atom. The van der Waals surface area contributed by atoms with E-state index in [1.165, 1.54) is 19.1 Å². The zero-order valence-corrected chi connectivity index (χ0v) is 9.17. The van der Waals surface area contributed by atoms with E-state index in [9.17, 15) is 22.8 Å². The number of carbonyl (C=O) groups is 2. The Bertz CT molecular complexity index is 436. The Labute approximate surface area is 96.4 Å². The first kappa shape index (κ1) is 13.4.